The van der Waals surface area contributed by atoms with Crippen molar-refractivity contribution in [1.82, 2.24) is 0 Å². The molecule has 2 N–H and O–H groups in total. The summed E-state index contributed by atoms with van der Waals surface area (Å²) in [4.78, 5) is 12.7. The Morgan fingerprint density at radius 1 is 1.09 bits per heavy atom. The number of nitriles is 1. The lowest BCUT2D eigenvalue weighted by Crippen LogP contribution is -2.16. The second kappa shape index (κ2) is 11.4. The van der Waals surface area contributed by atoms with E-state index in [4.69, 9.17) is 26.3 Å². The second-order valence-electron chi connectivity index (χ2n) is 7.07. The van der Waals surface area contributed by atoms with Gasteiger partial charge in [-0.2, -0.15) is 5.26 Å². The highest BCUT2D eigenvalue weighted by Crippen LogP contribution is 2.30. The van der Waals surface area contributed by atoms with Crippen molar-refractivity contribution in [2.24, 2.45) is 0 Å². The quantitative estimate of drug-likeness (QED) is 0.375. The zero-order valence-corrected chi connectivity index (χ0v) is 19.8. The molecule has 0 aliphatic carbocycles. The zero-order valence-electron chi connectivity index (χ0n) is 18.2. The summed E-state index contributed by atoms with van der Waals surface area (Å²) in [5.74, 6) is 0.363. The molecule has 10 heteroatoms. The monoisotopic (exact) mass is 499 g/mol. The minimum absolute atomic E-state index is 0.100. The van der Waals surface area contributed by atoms with E-state index in [0.717, 1.165) is 0 Å². The minimum atomic E-state index is -4.02. The number of hydrogen-bond acceptors (Lipinski definition) is 6. The van der Waals surface area contributed by atoms with E-state index in [2.05, 4.69) is 10.0 Å². The molecular weight excluding hydrogens is 478 g/mol. The summed E-state index contributed by atoms with van der Waals surface area (Å²) in [5, 5.41) is 11.7. The number of nitrogens with one attached hydrogen (secondary N) is 2. The van der Waals surface area contributed by atoms with Gasteiger partial charge in [-0.1, -0.05) is 23.7 Å². The van der Waals surface area contributed by atoms with Gasteiger partial charge in [0.25, 0.3) is 15.9 Å². The number of carbonyl (C=O) groups excluding carboxylic acids is 1. The molecule has 0 atom stereocenters. The number of sulfonamides is 1. The minimum Gasteiger partial charge on any atom is -0.495 e. The average molecular weight is 500 g/mol. The zero-order chi connectivity index (χ0) is 24.6. The van der Waals surface area contributed by atoms with Crippen LogP contribution in [0, 0.1) is 11.3 Å². The molecule has 0 saturated heterocycles. The fourth-order valence-electron chi connectivity index (χ4n) is 2.98. The summed E-state index contributed by atoms with van der Waals surface area (Å²) in [6, 6.07) is 19.1. The number of benzene rings is 3. The predicted molar refractivity (Wildman–Crippen MR) is 130 cm³/mol. The first-order valence-electron chi connectivity index (χ1n) is 10.2. The molecule has 0 radical (unpaired) electrons. The van der Waals surface area contributed by atoms with Crippen molar-refractivity contribution in [2.75, 3.05) is 23.8 Å². The molecule has 3 aromatic carbocycles. The lowest BCUT2D eigenvalue weighted by atomic mass is 10.2. The van der Waals surface area contributed by atoms with Crippen molar-refractivity contribution < 1.29 is 22.7 Å². The van der Waals surface area contributed by atoms with Gasteiger partial charge in [0.15, 0.2) is 0 Å². The lowest BCUT2D eigenvalue weighted by molar-refractivity contribution is 0.102. The van der Waals surface area contributed by atoms with Crippen molar-refractivity contribution in [2.45, 2.75) is 17.7 Å². The summed E-state index contributed by atoms with van der Waals surface area (Å²) in [7, 11) is -2.61. The SMILES string of the molecule is COc1ccc(Cl)cc1NS(=O)(=O)c1cccc(C(=O)Nc2cccc(OCCCC#N)c2)c1. The van der Waals surface area contributed by atoms with Gasteiger partial charge in [0.05, 0.1) is 30.4 Å². The third-order valence-electron chi connectivity index (χ3n) is 4.61. The van der Waals surface area contributed by atoms with E-state index in [0.29, 0.717) is 41.7 Å². The van der Waals surface area contributed by atoms with E-state index in [1.54, 1.807) is 36.4 Å². The Kier molecular flexibility index (Phi) is 8.35. The second-order valence-corrected chi connectivity index (χ2v) is 9.19. The molecule has 0 saturated carbocycles. The number of ether oxygens (including phenoxy) is 2. The number of hydrogen-bond donors (Lipinski definition) is 2. The summed E-state index contributed by atoms with van der Waals surface area (Å²) in [5.41, 5.74) is 0.815. The molecule has 0 bridgehead atoms. The van der Waals surface area contributed by atoms with Crippen LogP contribution >= 0.6 is 11.6 Å². The molecule has 0 fully saturated rings. The third-order valence-corrected chi connectivity index (χ3v) is 6.20. The summed E-state index contributed by atoms with van der Waals surface area (Å²) in [6.07, 6.45) is 0.998. The van der Waals surface area contributed by atoms with Gasteiger partial charge in [-0.3, -0.25) is 9.52 Å². The van der Waals surface area contributed by atoms with Gasteiger partial charge in [-0.05, 0) is 55.0 Å². The van der Waals surface area contributed by atoms with Gasteiger partial charge in [0.1, 0.15) is 11.5 Å². The van der Waals surface area contributed by atoms with Crippen LogP contribution in [0.1, 0.15) is 23.2 Å². The molecule has 0 unspecified atom stereocenters. The summed E-state index contributed by atoms with van der Waals surface area (Å²) in [6.45, 7) is 0.384. The fraction of sp³-hybridized carbons (Fsp3) is 0.167. The van der Waals surface area contributed by atoms with E-state index in [-0.39, 0.29) is 16.1 Å². The van der Waals surface area contributed by atoms with Crippen LogP contribution < -0.4 is 19.5 Å². The number of halogens is 1. The molecule has 3 rings (SSSR count). The van der Waals surface area contributed by atoms with Gasteiger partial charge >= 0.3 is 0 Å². The molecule has 176 valence electrons. The Balaban J connectivity index is 1.74. The predicted octanol–water partition coefficient (Wildman–Crippen LogP) is 5.08. The first-order chi connectivity index (χ1) is 16.3. The van der Waals surface area contributed by atoms with Crippen LogP contribution in [0.25, 0.3) is 0 Å². The number of unbranched alkanes of at least 4 members (excludes halogenated alkanes) is 1. The van der Waals surface area contributed by atoms with Crippen molar-refractivity contribution in [3.05, 3.63) is 77.3 Å². The molecular formula is C24H22ClN3O5S. The number of anilines is 2. The Morgan fingerprint density at radius 2 is 1.88 bits per heavy atom. The highest BCUT2D eigenvalue weighted by Gasteiger charge is 2.19. The van der Waals surface area contributed by atoms with Crippen molar-refractivity contribution in [3.8, 4) is 17.6 Å². The highest BCUT2D eigenvalue weighted by atomic mass is 35.5. The summed E-state index contributed by atoms with van der Waals surface area (Å²) >= 11 is 5.98. The Labute approximate surface area is 203 Å². The molecule has 0 heterocycles. The topological polar surface area (TPSA) is 118 Å². The first-order valence-corrected chi connectivity index (χ1v) is 12.1. The number of carbonyl (C=O) groups is 1. The standard InChI is InChI=1S/C24H22ClN3O5S/c1-32-23-11-10-18(25)15-22(23)28-34(30,31)21-9-4-6-17(14-21)24(29)27-19-7-5-8-20(16-19)33-13-3-2-12-26/h4-11,14-16,28H,2-3,13H2,1H3,(H,27,29). The molecule has 0 aromatic heterocycles. The lowest BCUT2D eigenvalue weighted by Gasteiger charge is -2.13. The third kappa shape index (κ3) is 6.63. The number of nitrogens with zero attached hydrogens (tertiary/aromatic N) is 1. The largest absolute Gasteiger partial charge is 0.495 e. The van der Waals surface area contributed by atoms with Crippen LogP contribution in [0.15, 0.2) is 71.6 Å². The van der Waals surface area contributed by atoms with Crippen LogP contribution in [-0.2, 0) is 10.0 Å². The van der Waals surface area contributed by atoms with Crippen LogP contribution in [0.3, 0.4) is 0 Å². The van der Waals surface area contributed by atoms with Gasteiger partial charge < -0.3 is 14.8 Å². The van der Waals surface area contributed by atoms with Gasteiger partial charge in [-0.25, -0.2) is 8.42 Å². The van der Waals surface area contributed by atoms with E-state index in [9.17, 15) is 13.2 Å². The first kappa shape index (κ1) is 24.9. The molecule has 0 aliphatic heterocycles. The normalized spacial score (nSPS) is 10.7. The fourth-order valence-corrected chi connectivity index (χ4v) is 4.26. The van der Waals surface area contributed by atoms with E-state index >= 15 is 0 Å². The molecule has 8 nitrogen and oxygen atoms in total. The van der Waals surface area contributed by atoms with Crippen LogP contribution in [0.4, 0.5) is 11.4 Å². The van der Waals surface area contributed by atoms with Crippen LogP contribution in [0.2, 0.25) is 5.02 Å². The van der Waals surface area contributed by atoms with E-state index in [1.165, 1.54) is 37.4 Å². The molecule has 0 aliphatic rings. The Hall–Kier alpha value is -3.74. The average Bonchev–Trinajstić information content (AvgIpc) is 2.82. The maximum Gasteiger partial charge on any atom is 0.262 e. The Morgan fingerprint density at radius 3 is 2.65 bits per heavy atom. The maximum absolute atomic E-state index is 12.9. The molecule has 1 amide bonds. The van der Waals surface area contributed by atoms with Gasteiger partial charge in [-0.15, -0.1) is 0 Å². The molecule has 3 aromatic rings. The van der Waals surface area contributed by atoms with Crippen molar-refractivity contribution >= 4 is 38.9 Å². The number of amides is 1. The maximum atomic E-state index is 12.9. The Bertz CT molecular complexity index is 1320. The van der Waals surface area contributed by atoms with Crippen LogP contribution in [-0.4, -0.2) is 28.0 Å². The summed E-state index contributed by atoms with van der Waals surface area (Å²) < 4.78 is 39.1. The van der Waals surface area contributed by atoms with Gasteiger partial charge in [0, 0.05) is 28.8 Å². The van der Waals surface area contributed by atoms with Crippen molar-refractivity contribution in [3.63, 3.8) is 0 Å². The number of methoxy groups -OCH3 is 1. The molecule has 0 spiro atoms. The number of rotatable bonds is 10. The van der Waals surface area contributed by atoms with Crippen molar-refractivity contribution in [1.29, 1.82) is 5.26 Å². The van der Waals surface area contributed by atoms with Crippen LogP contribution in [0.5, 0.6) is 11.5 Å². The van der Waals surface area contributed by atoms with E-state index in [1.807, 2.05) is 6.07 Å². The highest BCUT2D eigenvalue weighted by molar-refractivity contribution is 7.92. The van der Waals surface area contributed by atoms with Gasteiger partial charge in [0.2, 0.25) is 0 Å². The smallest absolute Gasteiger partial charge is 0.262 e. The molecule has 34 heavy (non-hydrogen) atoms. The van der Waals surface area contributed by atoms with E-state index < -0.39 is 15.9 Å².